The van der Waals surface area contributed by atoms with Crippen LogP contribution < -0.4 is 20.3 Å². The van der Waals surface area contributed by atoms with Crippen LogP contribution in [0.4, 0.5) is 0 Å². The van der Waals surface area contributed by atoms with E-state index in [1.54, 1.807) is 36.5 Å². The van der Waals surface area contributed by atoms with Gasteiger partial charge in [0.05, 0.1) is 19.3 Å². The third-order valence-corrected chi connectivity index (χ3v) is 5.50. The van der Waals surface area contributed by atoms with Crippen molar-refractivity contribution < 1.29 is 14.3 Å². The summed E-state index contributed by atoms with van der Waals surface area (Å²) in [5.41, 5.74) is 2.05. The van der Waals surface area contributed by atoms with E-state index in [2.05, 4.69) is 25.5 Å². The van der Waals surface area contributed by atoms with Gasteiger partial charge in [-0.2, -0.15) is 0 Å². The minimum absolute atomic E-state index is 0.108. The van der Waals surface area contributed by atoms with Gasteiger partial charge >= 0.3 is 0 Å². The molecule has 1 amide bonds. The second-order valence-corrected chi connectivity index (χ2v) is 8.27. The van der Waals surface area contributed by atoms with Crippen molar-refractivity contribution in [3.8, 4) is 22.9 Å². The standard InChI is InChI=1S/C26H24ClN5O4/c1-35-23-14-18(8-10-22(23)36-16-17-5-4-6-19(27)13-17)25-30-26(34)21(31-32-25)9-11-24(33)29-15-20-7-2-3-12-28-20/h2-8,10,12-14H,9,11,15-16H2,1H3,(H,29,33)(H,30,32,34). The number of carbonyl (C=O) groups is 1. The molecule has 0 aliphatic rings. The van der Waals surface area contributed by atoms with Crippen LogP contribution in [0.3, 0.4) is 0 Å². The van der Waals surface area contributed by atoms with Crippen molar-refractivity contribution in [3.05, 3.63) is 99.2 Å². The van der Waals surface area contributed by atoms with Crippen molar-refractivity contribution in [1.29, 1.82) is 0 Å². The van der Waals surface area contributed by atoms with Crippen molar-refractivity contribution in [3.63, 3.8) is 0 Å². The highest BCUT2D eigenvalue weighted by molar-refractivity contribution is 6.30. The Morgan fingerprint density at radius 3 is 2.69 bits per heavy atom. The molecule has 10 heteroatoms. The summed E-state index contributed by atoms with van der Waals surface area (Å²) in [4.78, 5) is 31.5. The molecule has 0 radical (unpaired) electrons. The number of methoxy groups -OCH3 is 1. The van der Waals surface area contributed by atoms with Crippen molar-refractivity contribution in [2.45, 2.75) is 26.0 Å². The van der Waals surface area contributed by atoms with Crippen LogP contribution in [0.25, 0.3) is 11.4 Å². The number of ether oxygens (including phenoxy) is 2. The molecule has 184 valence electrons. The number of aromatic nitrogens is 4. The van der Waals surface area contributed by atoms with E-state index in [0.29, 0.717) is 35.2 Å². The fraction of sp³-hybridized carbons (Fsp3) is 0.192. The molecule has 4 aromatic rings. The SMILES string of the molecule is COc1cc(-c2nnc(CCC(=O)NCc3ccccn3)c(=O)[nH]2)ccc1OCc1cccc(Cl)c1. The average molecular weight is 506 g/mol. The molecule has 36 heavy (non-hydrogen) atoms. The number of nitrogens with one attached hydrogen (secondary N) is 2. The van der Waals surface area contributed by atoms with Crippen LogP contribution in [-0.4, -0.2) is 33.2 Å². The highest BCUT2D eigenvalue weighted by Crippen LogP contribution is 2.31. The van der Waals surface area contributed by atoms with Crippen molar-refractivity contribution >= 4 is 17.5 Å². The molecule has 2 aromatic carbocycles. The van der Waals surface area contributed by atoms with E-state index in [1.165, 1.54) is 7.11 Å². The lowest BCUT2D eigenvalue weighted by Gasteiger charge is -2.12. The van der Waals surface area contributed by atoms with Gasteiger partial charge in [0.1, 0.15) is 12.3 Å². The number of pyridine rings is 1. The number of hydrogen-bond acceptors (Lipinski definition) is 7. The van der Waals surface area contributed by atoms with Gasteiger partial charge < -0.3 is 19.8 Å². The van der Waals surface area contributed by atoms with Crippen LogP contribution in [0.15, 0.2) is 71.7 Å². The smallest absolute Gasteiger partial charge is 0.273 e. The summed E-state index contributed by atoms with van der Waals surface area (Å²) in [5.74, 6) is 1.09. The van der Waals surface area contributed by atoms with Gasteiger partial charge in [-0.25, -0.2) is 0 Å². The summed E-state index contributed by atoms with van der Waals surface area (Å²) in [5, 5.41) is 11.6. The van der Waals surface area contributed by atoms with Gasteiger partial charge in [-0.05, 0) is 48.0 Å². The number of halogens is 1. The molecular weight excluding hydrogens is 482 g/mol. The molecule has 2 heterocycles. The average Bonchev–Trinajstić information content (AvgIpc) is 2.90. The molecule has 0 spiro atoms. The molecule has 0 aliphatic carbocycles. The molecule has 0 aliphatic heterocycles. The zero-order chi connectivity index (χ0) is 25.3. The summed E-state index contributed by atoms with van der Waals surface area (Å²) in [6.45, 7) is 0.637. The third-order valence-electron chi connectivity index (χ3n) is 5.27. The van der Waals surface area contributed by atoms with Gasteiger partial charge in [0, 0.05) is 29.6 Å². The highest BCUT2D eigenvalue weighted by atomic mass is 35.5. The zero-order valence-corrected chi connectivity index (χ0v) is 20.3. The Labute approximate surface area is 212 Å². The van der Waals surface area contributed by atoms with Crippen LogP contribution in [0.5, 0.6) is 11.5 Å². The topological polar surface area (TPSA) is 119 Å². The van der Waals surface area contributed by atoms with E-state index < -0.39 is 5.56 Å². The summed E-state index contributed by atoms with van der Waals surface area (Å²) < 4.78 is 11.3. The number of hydrogen-bond donors (Lipinski definition) is 2. The quantitative estimate of drug-likeness (QED) is 0.337. The maximum Gasteiger partial charge on any atom is 0.273 e. The maximum atomic E-state index is 12.5. The van der Waals surface area contributed by atoms with Gasteiger partial charge in [0.15, 0.2) is 17.3 Å². The van der Waals surface area contributed by atoms with Gasteiger partial charge in [-0.15, -0.1) is 10.2 Å². The second kappa shape index (κ2) is 11.9. The molecule has 2 N–H and O–H groups in total. The lowest BCUT2D eigenvalue weighted by atomic mass is 10.2. The fourth-order valence-corrected chi connectivity index (χ4v) is 3.60. The van der Waals surface area contributed by atoms with Crippen LogP contribution in [0.1, 0.15) is 23.4 Å². The van der Waals surface area contributed by atoms with Gasteiger partial charge in [0.25, 0.3) is 5.56 Å². The normalized spacial score (nSPS) is 10.6. The predicted octanol–water partition coefficient (Wildman–Crippen LogP) is 3.72. The minimum atomic E-state index is -0.405. The number of nitrogens with zero attached hydrogens (tertiary/aromatic N) is 3. The Morgan fingerprint density at radius 2 is 1.94 bits per heavy atom. The summed E-state index contributed by atoms with van der Waals surface area (Å²) >= 11 is 6.03. The lowest BCUT2D eigenvalue weighted by Crippen LogP contribution is -2.25. The van der Waals surface area contributed by atoms with Crippen molar-refractivity contribution in [1.82, 2.24) is 25.5 Å². The molecule has 0 fully saturated rings. The first-order valence-electron chi connectivity index (χ1n) is 11.2. The molecule has 0 unspecified atom stereocenters. The van der Waals surface area contributed by atoms with Crippen molar-refractivity contribution in [2.24, 2.45) is 0 Å². The van der Waals surface area contributed by atoms with Crippen LogP contribution in [0, 0.1) is 0 Å². The maximum absolute atomic E-state index is 12.5. The van der Waals surface area contributed by atoms with E-state index in [0.717, 1.165) is 11.3 Å². The number of H-pyrrole nitrogens is 1. The first kappa shape index (κ1) is 24.9. The number of benzene rings is 2. The van der Waals surface area contributed by atoms with Gasteiger partial charge in [-0.3, -0.25) is 14.6 Å². The molecule has 0 saturated carbocycles. The zero-order valence-electron chi connectivity index (χ0n) is 19.5. The first-order valence-corrected chi connectivity index (χ1v) is 11.6. The van der Waals surface area contributed by atoms with Crippen LogP contribution in [0.2, 0.25) is 5.02 Å². The molecular formula is C26H24ClN5O4. The van der Waals surface area contributed by atoms with E-state index in [9.17, 15) is 9.59 Å². The number of aryl methyl sites for hydroxylation is 1. The van der Waals surface area contributed by atoms with E-state index in [1.807, 2.05) is 30.3 Å². The Morgan fingerprint density at radius 1 is 1.06 bits per heavy atom. The Balaban J connectivity index is 1.37. The van der Waals surface area contributed by atoms with E-state index >= 15 is 0 Å². The van der Waals surface area contributed by atoms with Crippen LogP contribution in [-0.2, 0) is 24.4 Å². The molecule has 4 rings (SSSR count). The molecule has 0 bridgehead atoms. The molecule has 0 saturated heterocycles. The van der Waals surface area contributed by atoms with E-state index in [4.69, 9.17) is 21.1 Å². The summed E-state index contributed by atoms with van der Waals surface area (Å²) in [6.07, 6.45) is 1.93. The largest absolute Gasteiger partial charge is 0.493 e. The first-order chi connectivity index (χ1) is 17.5. The summed E-state index contributed by atoms with van der Waals surface area (Å²) in [6, 6.07) is 18.1. The number of rotatable bonds is 10. The predicted molar refractivity (Wildman–Crippen MR) is 135 cm³/mol. The minimum Gasteiger partial charge on any atom is -0.493 e. The van der Waals surface area contributed by atoms with Gasteiger partial charge in [0.2, 0.25) is 5.91 Å². The molecule has 0 atom stereocenters. The fourth-order valence-electron chi connectivity index (χ4n) is 3.39. The van der Waals surface area contributed by atoms with Crippen LogP contribution >= 0.6 is 11.6 Å². The highest BCUT2D eigenvalue weighted by Gasteiger charge is 2.13. The Bertz CT molecular complexity index is 1390. The number of aromatic amines is 1. The monoisotopic (exact) mass is 505 g/mol. The summed E-state index contributed by atoms with van der Waals surface area (Å²) in [7, 11) is 1.53. The third kappa shape index (κ3) is 6.67. The number of amides is 1. The Kier molecular flexibility index (Phi) is 8.25. The number of carbonyl (C=O) groups excluding carboxylic acids is 1. The molecule has 9 nitrogen and oxygen atoms in total. The second-order valence-electron chi connectivity index (χ2n) is 7.83. The Hall–Kier alpha value is -4.24. The lowest BCUT2D eigenvalue weighted by molar-refractivity contribution is -0.121. The van der Waals surface area contributed by atoms with Gasteiger partial charge in [-0.1, -0.05) is 29.8 Å². The van der Waals surface area contributed by atoms with Crippen molar-refractivity contribution in [2.75, 3.05) is 7.11 Å². The van der Waals surface area contributed by atoms with E-state index in [-0.39, 0.29) is 30.3 Å². The molecule has 2 aromatic heterocycles.